The van der Waals surface area contributed by atoms with Crippen LogP contribution in [-0.4, -0.2) is 18.6 Å². The van der Waals surface area contributed by atoms with E-state index in [1.807, 2.05) is 0 Å². The van der Waals surface area contributed by atoms with Crippen LogP contribution in [0.5, 0.6) is 0 Å². The lowest BCUT2D eigenvalue weighted by Gasteiger charge is -2.43. The Labute approximate surface area is 100 Å². The third-order valence-corrected chi connectivity index (χ3v) is 5.05. The minimum absolute atomic E-state index is 0.532. The van der Waals surface area contributed by atoms with Crippen molar-refractivity contribution in [3.63, 3.8) is 0 Å². The molecule has 0 aromatic carbocycles. The zero-order valence-corrected chi connectivity index (χ0v) is 10.8. The Bertz CT molecular complexity index is 197. The van der Waals surface area contributed by atoms with E-state index >= 15 is 0 Å². The maximum Gasteiger partial charge on any atom is 0.0179 e. The summed E-state index contributed by atoms with van der Waals surface area (Å²) in [6, 6.07) is 0. The van der Waals surface area contributed by atoms with Crippen molar-refractivity contribution in [1.29, 1.82) is 0 Å². The molecule has 2 aliphatic carbocycles. The lowest BCUT2D eigenvalue weighted by Crippen LogP contribution is -2.52. The van der Waals surface area contributed by atoms with Crippen LogP contribution in [0.4, 0.5) is 0 Å². The summed E-state index contributed by atoms with van der Waals surface area (Å²) in [6.07, 6.45) is 11.1. The molecule has 0 heterocycles. The highest BCUT2D eigenvalue weighted by atomic mass is 15.0. The van der Waals surface area contributed by atoms with Crippen LogP contribution in [0.15, 0.2) is 0 Å². The largest absolute Gasteiger partial charge is 0.330 e. The van der Waals surface area contributed by atoms with E-state index in [1.165, 1.54) is 57.9 Å². The van der Waals surface area contributed by atoms with Gasteiger partial charge in [-0.25, -0.2) is 0 Å². The second-order valence-electron chi connectivity index (χ2n) is 5.99. The van der Waals surface area contributed by atoms with Gasteiger partial charge in [-0.1, -0.05) is 6.92 Å². The number of nitrogens with two attached hydrogens (primary N) is 1. The molecule has 2 aliphatic rings. The van der Waals surface area contributed by atoms with Crippen molar-refractivity contribution < 1.29 is 0 Å². The Hall–Kier alpha value is -0.0800. The third-order valence-electron chi connectivity index (χ3n) is 5.05. The summed E-state index contributed by atoms with van der Waals surface area (Å²) in [5, 5.41) is 3.85. The van der Waals surface area contributed by atoms with Crippen LogP contribution in [0.2, 0.25) is 0 Å². The molecule has 0 atom stereocenters. The summed E-state index contributed by atoms with van der Waals surface area (Å²) >= 11 is 0. The van der Waals surface area contributed by atoms with Gasteiger partial charge >= 0.3 is 0 Å². The van der Waals surface area contributed by atoms with E-state index in [9.17, 15) is 0 Å². The molecule has 94 valence electrons. The standard InChI is InChI=1S/C14H28N2/c1-2-14(8-3-9-14)16-11-13-6-4-12(10-15)5-7-13/h12-13,16H,2-11,15H2,1H3. The smallest absolute Gasteiger partial charge is 0.0179 e. The van der Waals surface area contributed by atoms with E-state index in [-0.39, 0.29) is 0 Å². The summed E-state index contributed by atoms with van der Waals surface area (Å²) in [6.45, 7) is 4.49. The van der Waals surface area contributed by atoms with E-state index in [2.05, 4.69) is 12.2 Å². The minimum atomic E-state index is 0.532. The van der Waals surface area contributed by atoms with E-state index < -0.39 is 0 Å². The molecule has 2 nitrogen and oxygen atoms in total. The lowest BCUT2D eigenvalue weighted by atomic mass is 9.74. The first kappa shape index (κ1) is 12.4. The van der Waals surface area contributed by atoms with Gasteiger partial charge in [-0.05, 0) is 76.3 Å². The Morgan fingerprint density at radius 2 is 1.75 bits per heavy atom. The Morgan fingerprint density at radius 3 is 2.19 bits per heavy atom. The van der Waals surface area contributed by atoms with Gasteiger partial charge in [-0.2, -0.15) is 0 Å². The summed E-state index contributed by atoms with van der Waals surface area (Å²) in [4.78, 5) is 0. The first-order valence-electron chi connectivity index (χ1n) is 7.23. The van der Waals surface area contributed by atoms with Gasteiger partial charge in [0.05, 0.1) is 0 Å². The zero-order valence-electron chi connectivity index (χ0n) is 10.8. The van der Waals surface area contributed by atoms with Crippen molar-refractivity contribution in [3.05, 3.63) is 0 Å². The Morgan fingerprint density at radius 1 is 1.12 bits per heavy atom. The first-order valence-corrected chi connectivity index (χ1v) is 7.23. The van der Waals surface area contributed by atoms with Crippen LogP contribution < -0.4 is 11.1 Å². The normalized spacial score (nSPS) is 33.4. The van der Waals surface area contributed by atoms with E-state index in [1.54, 1.807) is 0 Å². The van der Waals surface area contributed by atoms with Gasteiger partial charge in [-0.15, -0.1) is 0 Å². The molecule has 0 amide bonds. The highest BCUT2D eigenvalue weighted by Crippen LogP contribution is 2.35. The average Bonchev–Trinajstić information content (AvgIpc) is 2.29. The number of rotatable bonds is 5. The van der Waals surface area contributed by atoms with Gasteiger partial charge in [0.15, 0.2) is 0 Å². The molecule has 3 N–H and O–H groups in total. The van der Waals surface area contributed by atoms with Gasteiger partial charge in [0.25, 0.3) is 0 Å². The fourth-order valence-corrected chi connectivity index (χ4v) is 3.29. The number of hydrogen-bond acceptors (Lipinski definition) is 2. The molecule has 0 radical (unpaired) electrons. The van der Waals surface area contributed by atoms with E-state index in [0.29, 0.717) is 5.54 Å². The molecule has 2 rings (SSSR count). The predicted octanol–water partition coefficient (Wildman–Crippen LogP) is 2.67. The van der Waals surface area contributed by atoms with Crippen LogP contribution in [0.1, 0.15) is 58.3 Å². The maximum absolute atomic E-state index is 5.73. The van der Waals surface area contributed by atoms with Crippen molar-refractivity contribution in [2.24, 2.45) is 17.6 Å². The van der Waals surface area contributed by atoms with Gasteiger partial charge < -0.3 is 11.1 Å². The summed E-state index contributed by atoms with van der Waals surface area (Å²) < 4.78 is 0. The summed E-state index contributed by atoms with van der Waals surface area (Å²) in [7, 11) is 0. The Balaban J connectivity index is 1.67. The third kappa shape index (κ3) is 2.78. The number of nitrogens with one attached hydrogen (secondary N) is 1. The molecule has 2 saturated carbocycles. The molecule has 2 fully saturated rings. The monoisotopic (exact) mass is 224 g/mol. The summed E-state index contributed by atoms with van der Waals surface area (Å²) in [5.74, 6) is 1.74. The molecule has 0 bridgehead atoms. The van der Waals surface area contributed by atoms with Gasteiger partial charge in [0, 0.05) is 5.54 Å². The highest BCUT2D eigenvalue weighted by Gasteiger charge is 2.35. The lowest BCUT2D eigenvalue weighted by molar-refractivity contribution is 0.156. The molecule has 0 unspecified atom stereocenters. The van der Waals surface area contributed by atoms with Gasteiger partial charge in [0.1, 0.15) is 0 Å². The van der Waals surface area contributed by atoms with Crippen LogP contribution in [0.25, 0.3) is 0 Å². The van der Waals surface area contributed by atoms with E-state index in [0.717, 1.165) is 18.4 Å². The van der Waals surface area contributed by atoms with E-state index in [4.69, 9.17) is 5.73 Å². The van der Waals surface area contributed by atoms with Crippen LogP contribution >= 0.6 is 0 Å². The van der Waals surface area contributed by atoms with Crippen LogP contribution in [0, 0.1) is 11.8 Å². The van der Waals surface area contributed by atoms with Crippen molar-refractivity contribution in [2.45, 2.75) is 63.8 Å². The highest BCUT2D eigenvalue weighted by molar-refractivity contribution is 4.95. The van der Waals surface area contributed by atoms with Crippen molar-refractivity contribution in [2.75, 3.05) is 13.1 Å². The van der Waals surface area contributed by atoms with Crippen molar-refractivity contribution >= 4 is 0 Å². The molecule has 0 aromatic heterocycles. The molecular weight excluding hydrogens is 196 g/mol. The minimum Gasteiger partial charge on any atom is -0.330 e. The fourth-order valence-electron chi connectivity index (χ4n) is 3.29. The quantitative estimate of drug-likeness (QED) is 0.753. The topological polar surface area (TPSA) is 38.0 Å². The predicted molar refractivity (Wildman–Crippen MR) is 69.4 cm³/mol. The molecule has 2 heteroatoms. The Kier molecular flexibility index (Phi) is 4.26. The van der Waals surface area contributed by atoms with Crippen molar-refractivity contribution in [3.8, 4) is 0 Å². The van der Waals surface area contributed by atoms with Crippen LogP contribution in [0.3, 0.4) is 0 Å². The number of hydrogen-bond donors (Lipinski definition) is 2. The molecule has 0 aromatic rings. The first-order chi connectivity index (χ1) is 7.78. The van der Waals surface area contributed by atoms with Crippen molar-refractivity contribution in [1.82, 2.24) is 5.32 Å². The molecule has 0 saturated heterocycles. The second-order valence-corrected chi connectivity index (χ2v) is 5.99. The molecule has 0 spiro atoms. The maximum atomic E-state index is 5.73. The molecule has 16 heavy (non-hydrogen) atoms. The van der Waals surface area contributed by atoms with Crippen LogP contribution in [-0.2, 0) is 0 Å². The van der Waals surface area contributed by atoms with Gasteiger partial charge in [-0.3, -0.25) is 0 Å². The zero-order chi connectivity index (χ0) is 11.4. The second kappa shape index (κ2) is 5.50. The fraction of sp³-hybridized carbons (Fsp3) is 1.00. The average molecular weight is 224 g/mol. The SMILES string of the molecule is CCC1(NCC2CCC(CN)CC2)CCC1. The molecular formula is C14H28N2. The van der Waals surface area contributed by atoms with Gasteiger partial charge in [0.2, 0.25) is 0 Å². The summed E-state index contributed by atoms with van der Waals surface area (Å²) in [5.41, 5.74) is 6.26. The molecule has 0 aliphatic heterocycles.